The summed E-state index contributed by atoms with van der Waals surface area (Å²) in [6, 6.07) is 13.9. The number of halogens is 10. The molecule has 0 aliphatic rings. The van der Waals surface area contributed by atoms with E-state index in [-0.39, 0.29) is 23.4 Å². The van der Waals surface area contributed by atoms with Crippen LogP contribution in [-0.4, -0.2) is 23.5 Å². The zero-order valence-corrected chi connectivity index (χ0v) is 25.3. The number of nitrogens with zero attached hydrogens (tertiary/aromatic N) is 1. The van der Waals surface area contributed by atoms with Crippen LogP contribution in [0.5, 0.6) is 5.75 Å². The maximum atomic E-state index is 15.1. The van der Waals surface area contributed by atoms with Gasteiger partial charge in [0.1, 0.15) is 22.9 Å². The molecule has 0 spiro atoms. The maximum Gasteiger partial charge on any atom is 0.461 e. The van der Waals surface area contributed by atoms with Gasteiger partial charge in [-0.1, -0.05) is 24.3 Å². The van der Waals surface area contributed by atoms with Gasteiger partial charge in [0.2, 0.25) is 0 Å². The van der Waals surface area contributed by atoms with Crippen LogP contribution in [0.4, 0.5) is 54.4 Å². The van der Waals surface area contributed by atoms with Gasteiger partial charge in [-0.05, 0) is 89.3 Å². The molecule has 15 heteroatoms. The topological polar surface area (TPSA) is 63.2 Å². The molecule has 0 radical (unpaired) electrons. The Hall–Kier alpha value is -5.60. The van der Waals surface area contributed by atoms with E-state index < -0.39 is 76.7 Å². The second kappa shape index (κ2) is 14.5. The predicted molar refractivity (Wildman–Crippen MR) is 161 cm³/mol. The van der Waals surface area contributed by atoms with Crippen LogP contribution in [0.3, 0.4) is 0 Å². The van der Waals surface area contributed by atoms with Crippen LogP contribution in [0, 0.1) is 34.9 Å². The second-order valence-electron chi connectivity index (χ2n) is 11.0. The molecule has 2 amide bonds. The van der Waals surface area contributed by atoms with E-state index in [0.29, 0.717) is 17.2 Å². The quantitative estimate of drug-likeness (QED) is 0.135. The lowest BCUT2D eigenvalue weighted by Gasteiger charge is -2.36. The number of carbonyl (C=O) groups excluding carboxylic acids is 1. The van der Waals surface area contributed by atoms with Gasteiger partial charge in [-0.25, -0.2) is 31.1 Å². The molecule has 0 fully saturated rings. The number of anilines is 1. The van der Waals surface area contributed by atoms with E-state index in [0.717, 1.165) is 54.6 Å². The zero-order chi connectivity index (χ0) is 36.2. The van der Waals surface area contributed by atoms with E-state index in [2.05, 4.69) is 20.4 Å². The minimum Gasteiger partial charge on any atom is -0.428 e. The summed E-state index contributed by atoms with van der Waals surface area (Å²) in [5, 5.41) is 4.89. The normalized spacial score (nSPS) is 12.8. The first-order chi connectivity index (χ1) is 23.6. The third kappa shape index (κ3) is 8.33. The fourth-order valence-corrected chi connectivity index (χ4v) is 5.14. The molecule has 5 rings (SSSR count). The van der Waals surface area contributed by atoms with Gasteiger partial charge in [0.05, 0.1) is 5.69 Å². The third-order valence-electron chi connectivity index (χ3n) is 7.39. The zero-order valence-electron chi connectivity index (χ0n) is 25.3. The molecule has 1 atom stereocenters. The summed E-state index contributed by atoms with van der Waals surface area (Å²) in [5.41, 5.74) is -2.19. The summed E-state index contributed by atoms with van der Waals surface area (Å²) in [5.74, 6) is -7.87. The van der Waals surface area contributed by atoms with E-state index in [1.165, 1.54) is 36.5 Å². The van der Waals surface area contributed by atoms with Gasteiger partial charge in [0.25, 0.3) is 0 Å². The molecule has 4 aromatic carbocycles. The number of pyridine rings is 1. The van der Waals surface area contributed by atoms with Crippen LogP contribution in [0.25, 0.3) is 0 Å². The molecule has 1 aromatic heterocycles. The molecule has 1 unspecified atom stereocenters. The van der Waals surface area contributed by atoms with Gasteiger partial charge in [-0.2, -0.15) is 17.6 Å². The van der Waals surface area contributed by atoms with Crippen LogP contribution in [0.1, 0.15) is 27.9 Å². The lowest BCUT2D eigenvalue weighted by molar-refractivity contribution is -0.253. The molecule has 0 bridgehead atoms. The van der Waals surface area contributed by atoms with Crippen LogP contribution >= 0.6 is 0 Å². The Bertz CT molecular complexity index is 2010. The van der Waals surface area contributed by atoms with Crippen molar-refractivity contribution in [1.29, 1.82) is 0 Å². The standard InChI is InChI=1S/C35H23F10N3O2/c36-23-2-1-3-25(15-23)47-33(49)48-34(17-20-5-8-28(39)30(41)12-20,22-13-24(37)16-26(14-22)50-35(44,45)32(42)43)31-9-6-21(18-46-31)10-19-4-7-27(38)29(40)11-19/h1-9,11-16,18,32H,10,17H2,(H2,47,48,49). The molecule has 0 saturated heterocycles. The number of carbonyl (C=O) groups is 1. The number of rotatable bonds is 11. The first kappa shape index (κ1) is 35.7. The number of aromatic nitrogens is 1. The smallest absolute Gasteiger partial charge is 0.428 e. The van der Waals surface area contributed by atoms with Gasteiger partial charge in [0, 0.05) is 24.4 Å². The van der Waals surface area contributed by atoms with Gasteiger partial charge < -0.3 is 15.4 Å². The van der Waals surface area contributed by atoms with Crippen molar-refractivity contribution in [2.75, 3.05) is 5.32 Å². The molecule has 0 aliphatic carbocycles. The van der Waals surface area contributed by atoms with E-state index in [1.54, 1.807) is 0 Å². The van der Waals surface area contributed by atoms with Crippen LogP contribution in [0.15, 0.2) is 97.2 Å². The highest BCUT2D eigenvalue weighted by atomic mass is 19.3. The molecule has 260 valence electrons. The van der Waals surface area contributed by atoms with E-state index >= 15 is 4.39 Å². The lowest BCUT2D eigenvalue weighted by atomic mass is 9.80. The Morgan fingerprint density at radius 3 is 2.00 bits per heavy atom. The number of alkyl halides is 4. The highest BCUT2D eigenvalue weighted by Crippen LogP contribution is 2.37. The van der Waals surface area contributed by atoms with Crippen molar-refractivity contribution in [1.82, 2.24) is 10.3 Å². The highest BCUT2D eigenvalue weighted by Gasteiger charge is 2.45. The fraction of sp³-hybridized carbons (Fsp3) is 0.143. The second-order valence-corrected chi connectivity index (χ2v) is 11.0. The molecule has 0 aliphatic heterocycles. The van der Waals surface area contributed by atoms with Crippen molar-refractivity contribution in [2.45, 2.75) is 30.9 Å². The van der Waals surface area contributed by atoms with Crippen molar-refractivity contribution in [3.8, 4) is 5.75 Å². The number of nitrogens with one attached hydrogen (secondary N) is 2. The van der Waals surface area contributed by atoms with Crippen molar-refractivity contribution < 1.29 is 53.4 Å². The Kier molecular flexibility index (Phi) is 10.3. The number of hydrogen-bond donors (Lipinski definition) is 2. The Morgan fingerprint density at radius 1 is 0.720 bits per heavy atom. The summed E-state index contributed by atoms with van der Waals surface area (Å²) in [7, 11) is 0. The van der Waals surface area contributed by atoms with Crippen molar-refractivity contribution >= 4 is 11.7 Å². The maximum absolute atomic E-state index is 15.1. The Balaban J connectivity index is 1.67. The molecule has 1 heterocycles. The van der Waals surface area contributed by atoms with Crippen molar-refractivity contribution in [3.05, 3.63) is 160 Å². The largest absolute Gasteiger partial charge is 0.461 e. The summed E-state index contributed by atoms with van der Waals surface area (Å²) in [6.07, 6.45) is -8.72. The van der Waals surface area contributed by atoms with Crippen LogP contribution in [0.2, 0.25) is 0 Å². The van der Waals surface area contributed by atoms with Crippen molar-refractivity contribution in [2.24, 2.45) is 0 Å². The minimum absolute atomic E-state index is 0.0226. The number of urea groups is 1. The lowest BCUT2D eigenvalue weighted by Crippen LogP contribution is -2.50. The summed E-state index contributed by atoms with van der Waals surface area (Å²) in [4.78, 5) is 17.9. The predicted octanol–water partition coefficient (Wildman–Crippen LogP) is 9.05. The van der Waals surface area contributed by atoms with Gasteiger partial charge in [-0.3, -0.25) is 4.98 Å². The fourth-order valence-electron chi connectivity index (χ4n) is 5.14. The number of ether oxygens (including phenoxy) is 1. The highest BCUT2D eigenvalue weighted by molar-refractivity contribution is 5.90. The molecule has 5 nitrogen and oxygen atoms in total. The van der Waals surface area contributed by atoms with Crippen LogP contribution < -0.4 is 15.4 Å². The molecular formula is C35H23F10N3O2. The average molecular weight is 708 g/mol. The summed E-state index contributed by atoms with van der Waals surface area (Å²) < 4.78 is 143. The Morgan fingerprint density at radius 2 is 1.38 bits per heavy atom. The first-order valence-corrected chi connectivity index (χ1v) is 14.5. The van der Waals surface area contributed by atoms with Crippen LogP contribution in [-0.2, 0) is 18.4 Å². The molecule has 2 N–H and O–H groups in total. The van der Waals surface area contributed by atoms with Gasteiger partial charge in [0.15, 0.2) is 23.3 Å². The average Bonchev–Trinajstić information content (AvgIpc) is 3.04. The molecule has 50 heavy (non-hydrogen) atoms. The third-order valence-corrected chi connectivity index (χ3v) is 7.39. The monoisotopic (exact) mass is 707 g/mol. The van der Waals surface area contributed by atoms with E-state index in [9.17, 15) is 44.3 Å². The molecule has 0 saturated carbocycles. The van der Waals surface area contributed by atoms with E-state index in [1.807, 2.05) is 0 Å². The van der Waals surface area contributed by atoms with Crippen molar-refractivity contribution in [3.63, 3.8) is 0 Å². The number of amides is 2. The van der Waals surface area contributed by atoms with E-state index in [4.69, 9.17) is 0 Å². The van der Waals surface area contributed by atoms with Gasteiger partial charge >= 0.3 is 18.6 Å². The SMILES string of the molecule is O=C(Nc1cccc(F)c1)NC(Cc1ccc(F)c(F)c1)(c1cc(F)cc(OC(F)(F)C(F)F)c1)c1ccc(Cc2ccc(F)c(F)c2)cn1. The number of hydrogen-bond acceptors (Lipinski definition) is 3. The number of benzene rings is 4. The Labute approximate surface area is 277 Å². The summed E-state index contributed by atoms with van der Waals surface area (Å²) >= 11 is 0. The molecular weight excluding hydrogens is 684 g/mol. The minimum atomic E-state index is -5.07. The van der Waals surface area contributed by atoms with Gasteiger partial charge in [-0.15, -0.1) is 0 Å². The summed E-state index contributed by atoms with van der Waals surface area (Å²) in [6.45, 7) is 0. The molecule has 5 aromatic rings. The first-order valence-electron chi connectivity index (χ1n) is 14.5.